The fraction of sp³-hybridized carbons (Fsp3) is 0.235. The van der Waals surface area contributed by atoms with Crippen LogP contribution in [0.15, 0.2) is 40.9 Å². The molecule has 0 radical (unpaired) electrons. The van der Waals surface area contributed by atoms with E-state index in [-0.39, 0.29) is 5.91 Å². The summed E-state index contributed by atoms with van der Waals surface area (Å²) in [7, 11) is 0. The number of ether oxygens (including phenoxy) is 1. The number of benzene rings is 2. The van der Waals surface area contributed by atoms with E-state index < -0.39 is 6.10 Å². The number of carbonyl (C=O) groups excluding carboxylic acids is 1. The van der Waals surface area contributed by atoms with E-state index in [1.54, 1.807) is 19.1 Å². The van der Waals surface area contributed by atoms with E-state index in [2.05, 4.69) is 21.2 Å². The minimum Gasteiger partial charge on any atom is -0.479 e. The second kappa shape index (κ2) is 7.16. The van der Waals surface area contributed by atoms with Crippen LogP contribution in [0.25, 0.3) is 0 Å². The lowest BCUT2D eigenvalue weighted by molar-refractivity contribution is -0.122. The maximum absolute atomic E-state index is 12.2. The zero-order chi connectivity index (χ0) is 16.3. The third-order valence-electron chi connectivity index (χ3n) is 3.21. The summed E-state index contributed by atoms with van der Waals surface area (Å²) in [6, 6.07) is 11.1. The van der Waals surface area contributed by atoms with Gasteiger partial charge in [-0.3, -0.25) is 4.79 Å². The number of halogens is 2. The van der Waals surface area contributed by atoms with Gasteiger partial charge in [0, 0.05) is 10.2 Å². The van der Waals surface area contributed by atoms with Crippen LogP contribution < -0.4 is 10.1 Å². The first kappa shape index (κ1) is 16.8. The van der Waals surface area contributed by atoms with Crippen LogP contribution in [0.3, 0.4) is 0 Å². The average Bonchev–Trinajstić information content (AvgIpc) is 2.44. The van der Waals surface area contributed by atoms with Crippen LogP contribution in [0.2, 0.25) is 5.02 Å². The first-order chi connectivity index (χ1) is 10.4. The molecule has 0 saturated heterocycles. The molecule has 2 aromatic rings. The Bertz CT molecular complexity index is 703. The molecule has 0 fully saturated rings. The Kier molecular flexibility index (Phi) is 5.48. The zero-order valence-corrected chi connectivity index (χ0v) is 15.0. The molecule has 2 rings (SSSR count). The summed E-state index contributed by atoms with van der Waals surface area (Å²) in [5.41, 5.74) is 2.96. The van der Waals surface area contributed by atoms with Crippen molar-refractivity contribution in [2.75, 3.05) is 5.32 Å². The molecular formula is C17H17BrClNO2. The van der Waals surface area contributed by atoms with Gasteiger partial charge in [0.15, 0.2) is 6.10 Å². The number of rotatable bonds is 4. The molecule has 1 atom stereocenters. The minimum atomic E-state index is -0.653. The van der Waals surface area contributed by atoms with E-state index in [4.69, 9.17) is 16.3 Å². The van der Waals surface area contributed by atoms with E-state index in [0.29, 0.717) is 10.8 Å². The molecule has 0 spiro atoms. The maximum atomic E-state index is 12.2. The third-order valence-corrected chi connectivity index (χ3v) is 4.00. The second-order valence-electron chi connectivity index (χ2n) is 5.14. The molecule has 0 aliphatic rings. The van der Waals surface area contributed by atoms with Crippen LogP contribution in [0.1, 0.15) is 18.1 Å². The number of nitrogens with one attached hydrogen (secondary N) is 1. The van der Waals surface area contributed by atoms with Crippen LogP contribution >= 0.6 is 27.5 Å². The van der Waals surface area contributed by atoms with Crippen LogP contribution in [0.4, 0.5) is 5.69 Å². The summed E-state index contributed by atoms with van der Waals surface area (Å²) in [5, 5.41) is 3.33. The fourth-order valence-corrected chi connectivity index (χ4v) is 2.72. The van der Waals surface area contributed by atoms with Gasteiger partial charge in [-0.2, -0.15) is 0 Å². The Balaban J connectivity index is 2.05. The standard InChI is InChI=1S/C17H17BrClNO2/c1-10-4-6-15(11(2)8-10)20-17(21)12(3)22-16-7-5-13(18)9-14(16)19/h4-9,12H,1-3H3,(H,20,21). The number of anilines is 1. The van der Waals surface area contributed by atoms with Crippen molar-refractivity contribution >= 4 is 39.1 Å². The van der Waals surface area contributed by atoms with E-state index in [1.807, 2.05) is 38.1 Å². The Labute approximate surface area is 143 Å². The van der Waals surface area contributed by atoms with Crippen molar-refractivity contribution in [3.63, 3.8) is 0 Å². The quantitative estimate of drug-likeness (QED) is 0.796. The first-order valence-corrected chi connectivity index (χ1v) is 8.03. The molecule has 0 saturated carbocycles. The molecule has 3 nitrogen and oxygen atoms in total. The lowest BCUT2D eigenvalue weighted by Gasteiger charge is -2.17. The number of carbonyl (C=O) groups is 1. The maximum Gasteiger partial charge on any atom is 0.265 e. The largest absolute Gasteiger partial charge is 0.479 e. The van der Waals surface area contributed by atoms with Crippen LogP contribution in [0, 0.1) is 13.8 Å². The highest BCUT2D eigenvalue weighted by Crippen LogP contribution is 2.28. The molecule has 1 unspecified atom stereocenters. The van der Waals surface area contributed by atoms with E-state index in [1.165, 1.54) is 0 Å². The van der Waals surface area contributed by atoms with Crippen LogP contribution in [-0.2, 0) is 4.79 Å². The highest BCUT2D eigenvalue weighted by Gasteiger charge is 2.17. The number of amides is 1. The minimum absolute atomic E-state index is 0.217. The van der Waals surface area contributed by atoms with Crippen molar-refractivity contribution in [3.05, 3.63) is 57.0 Å². The van der Waals surface area contributed by atoms with E-state index >= 15 is 0 Å². The predicted molar refractivity (Wildman–Crippen MR) is 93.8 cm³/mol. The Hall–Kier alpha value is -1.52. The van der Waals surface area contributed by atoms with Crippen LogP contribution in [0.5, 0.6) is 5.75 Å². The highest BCUT2D eigenvalue weighted by atomic mass is 79.9. The molecule has 5 heteroatoms. The summed E-state index contributed by atoms with van der Waals surface area (Å²) >= 11 is 9.42. The Morgan fingerprint density at radius 3 is 2.59 bits per heavy atom. The van der Waals surface area contributed by atoms with Crippen molar-refractivity contribution in [1.29, 1.82) is 0 Å². The van der Waals surface area contributed by atoms with E-state index in [9.17, 15) is 4.79 Å². The lowest BCUT2D eigenvalue weighted by atomic mass is 10.1. The molecule has 1 N–H and O–H groups in total. The van der Waals surface area contributed by atoms with Gasteiger partial charge in [-0.15, -0.1) is 0 Å². The zero-order valence-electron chi connectivity index (χ0n) is 12.6. The smallest absolute Gasteiger partial charge is 0.265 e. The third kappa shape index (κ3) is 4.24. The lowest BCUT2D eigenvalue weighted by Crippen LogP contribution is -2.30. The summed E-state index contributed by atoms with van der Waals surface area (Å²) < 4.78 is 6.49. The van der Waals surface area contributed by atoms with Gasteiger partial charge in [-0.1, -0.05) is 45.2 Å². The van der Waals surface area contributed by atoms with Crippen molar-refractivity contribution in [1.82, 2.24) is 0 Å². The van der Waals surface area contributed by atoms with Gasteiger partial charge in [-0.25, -0.2) is 0 Å². The second-order valence-corrected chi connectivity index (χ2v) is 6.47. The number of hydrogen-bond donors (Lipinski definition) is 1. The van der Waals surface area contributed by atoms with Crippen molar-refractivity contribution in [2.45, 2.75) is 26.9 Å². The van der Waals surface area contributed by atoms with E-state index in [0.717, 1.165) is 21.3 Å². The predicted octanol–water partition coefficient (Wildman–Crippen LogP) is 5.13. The topological polar surface area (TPSA) is 38.3 Å². The van der Waals surface area contributed by atoms with Gasteiger partial charge in [0.05, 0.1) is 5.02 Å². The molecule has 0 bridgehead atoms. The average molecular weight is 383 g/mol. The van der Waals surface area contributed by atoms with Gasteiger partial charge in [-0.05, 0) is 50.6 Å². The molecule has 1 amide bonds. The molecule has 0 aliphatic carbocycles. The Morgan fingerprint density at radius 1 is 1.23 bits per heavy atom. The van der Waals surface area contributed by atoms with Gasteiger partial charge in [0.25, 0.3) is 5.91 Å². The Morgan fingerprint density at radius 2 is 1.95 bits per heavy atom. The molecule has 116 valence electrons. The van der Waals surface area contributed by atoms with Crippen molar-refractivity contribution in [3.8, 4) is 5.75 Å². The number of aryl methyl sites for hydroxylation is 2. The summed E-state index contributed by atoms with van der Waals surface area (Å²) in [6.07, 6.45) is -0.653. The van der Waals surface area contributed by atoms with Gasteiger partial charge in [0.1, 0.15) is 5.75 Å². The molecule has 22 heavy (non-hydrogen) atoms. The summed E-state index contributed by atoms with van der Waals surface area (Å²) in [5.74, 6) is 0.263. The van der Waals surface area contributed by atoms with Gasteiger partial charge >= 0.3 is 0 Å². The van der Waals surface area contributed by atoms with Gasteiger partial charge < -0.3 is 10.1 Å². The first-order valence-electron chi connectivity index (χ1n) is 6.86. The summed E-state index contributed by atoms with van der Waals surface area (Å²) in [4.78, 5) is 12.2. The molecule has 0 aromatic heterocycles. The number of hydrogen-bond acceptors (Lipinski definition) is 2. The van der Waals surface area contributed by atoms with Crippen molar-refractivity contribution in [2.24, 2.45) is 0 Å². The van der Waals surface area contributed by atoms with Gasteiger partial charge in [0.2, 0.25) is 0 Å². The summed E-state index contributed by atoms with van der Waals surface area (Å²) in [6.45, 7) is 5.66. The highest BCUT2D eigenvalue weighted by molar-refractivity contribution is 9.10. The monoisotopic (exact) mass is 381 g/mol. The SMILES string of the molecule is Cc1ccc(NC(=O)C(C)Oc2ccc(Br)cc2Cl)c(C)c1. The van der Waals surface area contributed by atoms with Crippen molar-refractivity contribution < 1.29 is 9.53 Å². The molecular weight excluding hydrogens is 366 g/mol. The molecule has 0 heterocycles. The normalized spacial score (nSPS) is 11.9. The fourth-order valence-electron chi connectivity index (χ4n) is 2.00. The molecule has 0 aliphatic heterocycles. The molecule has 2 aromatic carbocycles. The van der Waals surface area contributed by atoms with Crippen LogP contribution in [-0.4, -0.2) is 12.0 Å².